The summed E-state index contributed by atoms with van der Waals surface area (Å²) in [5.41, 5.74) is 5.79. The number of aliphatic hydroxyl groups excluding tert-OH is 1. The molecule has 1 saturated heterocycles. The number of aliphatic hydroxyl groups is 1. The van der Waals surface area contributed by atoms with Gasteiger partial charge in [-0.2, -0.15) is 0 Å². The van der Waals surface area contributed by atoms with Crippen LogP contribution in [-0.2, 0) is 4.79 Å². The Hall–Kier alpha value is -3.83. The second-order valence-electron chi connectivity index (χ2n) is 10.8. The SMILES string of the molecule is CCCN1CCC(c2cn3c(-c4cn(-c5cc(C)c(F)cc5C)nn4)cnc3cc2OC)CC1.CO.O=CNC1CC1. The van der Waals surface area contributed by atoms with Crippen molar-refractivity contribution in [2.45, 2.75) is 64.8 Å². The molecule has 0 radical (unpaired) electrons. The molecule has 4 aromatic rings. The van der Waals surface area contributed by atoms with Crippen molar-refractivity contribution in [3.8, 4) is 22.8 Å². The van der Waals surface area contributed by atoms with Crippen LogP contribution in [0.1, 0.15) is 61.6 Å². The van der Waals surface area contributed by atoms with Crippen LogP contribution in [0.3, 0.4) is 0 Å². The van der Waals surface area contributed by atoms with Crippen LogP contribution in [0.5, 0.6) is 5.75 Å². The third-order valence-electron chi connectivity index (χ3n) is 7.79. The van der Waals surface area contributed by atoms with Gasteiger partial charge in [0.15, 0.2) is 0 Å². The Morgan fingerprint density at radius 1 is 1.10 bits per heavy atom. The van der Waals surface area contributed by atoms with Crippen molar-refractivity contribution >= 4 is 12.1 Å². The smallest absolute Gasteiger partial charge is 0.207 e. The second kappa shape index (κ2) is 14.4. The molecule has 42 heavy (non-hydrogen) atoms. The average molecular weight is 580 g/mol. The molecule has 1 amide bonds. The van der Waals surface area contributed by atoms with Gasteiger partial charge in [0.05, 0.1) is 30.9 Å². The predicted octanol–water partition coefficient (Wildman–Crippen LogP) is 4.44. The van der Waals surface area contributed by atoms with E-state index in [4.69, 9.17) is 9.84 Å². The standard InChI is InChI=1S/C26H31FN6O.C4H7NO.CH4O/c1-5-8-31-9-6-19(7-10-31)20-15-32-24(14-28-26(32)13-25(20)34-4)22-16-33(30-29-22)23-12-17(2)21(27)11-18(23)3;6-3-5-4-1-2-4;1-2/h11-16,19H,5-10H2,1-4H3;3-4H,1-2H2,(H,5,6);2H,1H3. The summed E-state index contributed by atoms with van der Waals surface area (Å²) in [6.07, 6.45) is 12.4. The summed E-state index contributed by atoms with van der Waals surface area (Å²) in [6, 6.07) is 5.87. The fourth-order valence-corrected chi connectivity index (χ4v) is 5.34. The van der Waals surface area contributed by atoms with Crippen LogP contribution in [0.25, 0.3) is 22.7 Å². The van der Waals surface area contributed by atoms with E-state index in [9.17, 15) is 9.18 Å². The number of benzene rings is 1. The van der Waals surface area contributed by atoms with Crippen molar-refractivity contribution in [1.29, 1.82) is 0 Å². The molecule has 10 nitrogen and oxygen atoms in total. The number of nitrogens with zero attached hydrogens (tertiary/aromatic N) is 6. The first-order valence-corrected chi connectivity index (χ1v) is 14.5. The summed E-state index contributed by atoms with van der Waals surface area (Å²) in [6.45, 7) is 9.25. The molecule has 1 aromatic carbocycles. The summed E-state index contributed by atoms with van der Waals surface area (Å²) in [5, 5.41) is 18.4. The van der Waals surface area contributed by atoms with E-state index in [1.54, 1.807) is 24.8 Å². The Morgan fingerprint density at radius 3 is 2.45 bits per heavy atom. The number of rotatable bonds is 8. The van der Waals surface area contributed by atoms with Crippen molar-refractivity contribution in [3.05, 3.63) is 59.3 Å². The molecular weight excluding hydrogens is 537 g/mol. The first-order valence-electron chi connectivity index (χ1n) is 14.5. The Labute approximate surface area is 246 Å². The third kappa shape index (κ3) is 7.14. The molecular formula is C31H42FN7O3. The zero-order valence-corrected chi connectivity index (χ0v) is 25.2. The maximum absolute atomic E-state index is 13.9. The molecule has 0 atom stereocenters. The second-order valence-corrected chi connectivity index (χ2v) is 10.8. The molecule has 2 fully saturated rings. The van der Waals surface area contributed by atoms with Gasteiger partial charge < -0.3 is 20.1 Å². The number of ether oxygens (including phenoxy) is 1. The molecule has 2 aliphatic rings. The molecule has 6 rings (SSSR count). The van der Waals surface area contributed by atoms with E-state index in [-0.39, 0.29) is 5.82 Å². The van der Waals surface area contributed by atoms with Gasteiger partial charge in [-0.1, -0.05) is 12.1 Å². The Bertz CT molecular complexity index is 1470. The number of aromatic nitrogens is 5. The largest absolute Gasteiger partial charge is 0.496 e. The van der Waals surface area contributed by atoms with E-state index < -0.39 is 0 Å². The number of piperidine rings is 1. The Morgan fingerprint density at radius 2 is 1.83 bits per heavy atom. The molecule has 1 aliphatic carbocycles. The van der Waals surface area contributed by atoms with Crippen LogP contribution in [0.2, 0.25) is 0 Å². The topological polar surface area (TPSA) is 110 Å². The number of imidazole rings is 1. The normalized spacial score (nSPS) is 15.4. The molecule has 3 aromatic heterocycles. The van der Waals surface area contributed by atoms with Gasteiger partial charge in [-0.25, -0.2) is 14.1 Å². The van der Waals surface area contributed by atoms with E-state index in [2.05, 4.69) is 43.0 Å². The number of nitrogens with one attached hydrogen (secondary N) is 1. The number of carbonyl (C=O) groups is 1. The summed E-state index contributed by atoms with van der Waals surface area (Å²) in [7, 11) is 2.73. The van der Waals surface area contributed by atoms with Crippen molar-refractivity contribution in [2.24, 2.45) is 0 Å². The third-order valence-corrected chi connectivity index (χ3v) is 7.79. The van der Waals surface area contributed by atoms with Crippen LogP contribution in [0.4, 0.5) is 4.39 Å². The first-order chi connectivity index (χ1) is 20.4. The quantitative estimate of drug-likeness (QED) is 0.297. The molecule has 0 spiro atoms. The lowest BCUT2D eigenvalue weighted by Gasteiger charge is -2.32. The number of amides is 1. The number of likely N-dealkylation sites (tertiary alicyclic amines) is 1. The molecule has 0 bridgehead atoms. The molecule has 226 valence electrons. The number of aryl methyl sites for hydroxylation is 2. The Kier molecular flexibility index (Phi) is 10.6. The van der Waals surface area contributed by atoms with Gasteiger partial charge in [0, 0.05) is 31.0 Å². The fraction of sp³-hybridized carbons (Fsp3) is 0.484. The molecule has 11 heteroatoms. The van der Waals surface area contributed by atoms with E-state index in [0.29, 0.717) is 23.2 Å². The van der Waals surface area contributed by atoms with Gasteiger partial charge in [0.25, 0.3) is 0 Å². The highest BCUT2D eigenvalue weighted by Crippen LogP contribution is 2.36. The number of pyridine rings is 1. The zero-order valence-electron chi connectivity index (χ0n) is 25.2. The fourth-order valence-electron chi connectivity index (χ4n) is 5.34. The first kappa shape index (κ1) is 31.1. The van der Waals surface area contributed by atoms with Crippen molar-refractivity contribution in [1.82, 2.24) is 34.6 Å². The van der Waals surface area contributed by atoms with Crippen LogP contribution < -0.4 is 10.1 Å². The van der Waals surface area contributed by atoms with E-state index in [1.165, 1.54) is 30.9 Å². The zero-order chi connectivity index (χ0) is 30.2. The molecule has 4 heterocycles. The van der Waals surface area contributed by atoms with Crippen LogP contribution >= 0.6 is 0 Å². The van der Waals surface area contributed by atoms with Gasteiger partial charge in [0.1, 0.15) is 22.9 Å². The van der Waals surface area contributed by atoms with Gasteiger partial charge in [-0.3, -0.25) is 9.20 Å². The van der Waals surface area contributed by atoms with Crippen molar-refractivity contribution in [2.75, 3.05) is 33.9 Å². The number of carbonyl (C=O) groups excluding carboxylic acids is 1. The van der Waals surface area contributed by atoms with Crippen molar-refractivity contribution < 1.29 is 19.0 Å². The number of methoxy groups -OCH3 is 1. The average Bonchev–Trinajstić information content (AvgIpc) is 3.53. The summed E-state index contributed by atoms with van der Waals surface area (Å²) < 4.78 is 23.5. The maximum atomic E-state index is 13.9. The highest BCUT2D eigenvalue weighted by atomic mass is 19.1. The lowest BCUT2D eigenvalue weighted by molar-refractivity contribution is -0.109. The van der Waals surface area contributed by atoms with Crippen molar-refractivity contribution in [3.63, 3.8) is 0 Å². The number of hydrogen-bond acceptors (Lipinski definition) is 7. The number of hydrogen-bond donors (Lipinski definition) is 2. The molecule has 1 saturated carbocycles. The monoisotopic (exact) mass is 579 g/mol. The van der Waals surface area contributed by atoms with E-state index in [1.807, 2.05) is 25.4 Å². The van der Waals surface area contributed by atoms with Crippen LogP contribution in [0, 0.1) is 19.7 Å². The highest BCUT2D eigenvalue weighted by molar-refractivity contribution is 5.62. The molecule has 2 N–H and O–H groups in total. The molecule has 0 unspecified atom stereocenters. The predicted molar refractivity (Wildman–Crippen MR) is 161 cm³/mol. The van der Waals surface area contributed by atoms with E-state index >= 15 is 0 Å². The summed E-state index contributed by atoms with van der Waals surface area (Å²) in [4.78, 5) is 16.7. The van der Waals surface area contributed by atoms with E-state index in [0.717, 1.165) is 74.3 Å². The van der Waals surface area contributed by atoms with Gasteiger partial charge in [-0.15, -0.1) is 5.10 Å². The minimum atomic E-state index is -0.217. The van der Waals surface area contributed by atoms with Crippen LogP contribution in [-0.4, -0.2) is 80.7 Å². The molecule has 1 aliphatic heterocycles. The van der Waals surface area contributed by atoms with Gasteiger partial charge in [-0.05, 0) is 94.8 Å². The highest BCUT2D eigenvalue weighted by Gasteiger charge is 2.24. The van der Waals surface area contributed by atoms with Gasteiger partial charge >= 0.3 is 0 Å². The Balaban J connectivity index is 0.000000445. The lowest BCUT2D eigenvalue weighted by Crippen LogP contribution is -2.33. The summed E-state index contributed by atoms with van der Waals surface area (Å²) in [5.74, 6) is 1.12. The number of halogens is 1. The maximum Gasteiger partial charge on any atom is 0.207 e. The summed E-state index contributed by atoms with van der Waals surface area (Å²) >= 11 is 0. The van der Waals surface area contributed by atoms with Crippen LogP contribution in [0.15, 0.2) is 36.8 Å². The van der Waals surface area contributed by atoms with Gasteiger partial charge in [0.2, 0.25) is 6.41 Å². The lowest BCUT2D eigenvalue weighted by atomic mass is 9.89. The number of fused-ring (bicyclic) bond motifs is 1. The minimum absolute atomic E-state index is 0.217. The minimum Gasteiger partial charge on any atom is -0.496 e.